The van der Waals surface area contributed by atoms with Crippen molar-refractivity contribution in [3.63, 3.8) is 0 Å². The SMILES string of the molecule is c1nc(CCNCc2ccc3c(c2)CNCC3)cs1. The molecule has 1 aromatic heterocycles. The van der Waals surface area contributed by atoms with E-state index in [0.29, 0.717) is 0 Å². The normalized spacial score (nSPS) is 14.3. The Morgan fingerprint density at radius 2 is 2.32 bits per heavy atom. The molecule has 0 radical (unpaired) electrons. The molecule has 0 aliphatic carbocycles. The van der Waals surface area contributed by atoms with Crippen LogP contribution in [0, 0.1) is 0 Å². The average molecular weight is 273 g/mol. The summed E-state index contributed by atoms with van der Waals surface area (Å²) in [5.41, 5.74) is 7.43. The zero-order valence-corrected chi connectivity index (χ0v) is 11.8. The first-order chi connectivity index (χ1) is 9.42. The van der Waals surface area contributed by atoms with Gasteiger partial charge >= 0.3 is 0 Å². The van der Waals surface area contributed by atoms with Crippen LogP contribution < -0.4 is 10.6 Å². The molecule has 3 rings (SSSR count). The molecule has 0 bridgehead atoms. The lowest BCUT2D eigenvalue weighted by Gasteiger charge is -2.18. The Labute approximate surface area is 118 Å². The standard InChI is InChI=1S/C15H19N3S/c1-2-13-3-5-17-9-14(13)7-12(1)8-16-6-4-15-10-19-11-18-15/h1-2,7,10-11,16-17H,3-6,8-9H2. The maximum absolute atomic E-state index is 4.29. The number of hydrogen-bond acceptors (Lipinski definition) is 4. The van der Waals surface area contributed by atoms with Crippen LogP contribution in [0.5, 0.6) is 0 Å². The van der Waals surface area contributed by atoms with E-state index in [0.717, 1.165) is 39.0 Å². The molecule has 2 heterocycles. The molecule has 100 valence electrons. The number of nitrogens with zero attached hydrogens (tertiary/aromatic N) is 1. The number of rotatable bonds is 5. The fourth-order valence-electron chi connectivity index (χ4n) is 2.45. The molecular formula is C15H19N3S. The predicted molar refractivity (Wildman–Crippen MR) is 79.4 cm³/mol. The van der Waals surface area contributed by atoms with Gasteiger partial charge in [-0.1, -0.05) is 18.2 Å². The van der Waals surface area contributed by atoms with Gasteiger partial charge in [-0.05, 0) is 29.7 Å². The van der Waals surface area contributed by atoms with Crippen LogP contribution in [-0.2, 0) is 25.9 Å². The van der Waals surface area contributed by atoms with Crippen LogP contribution in [0.4, 0.5) is 0 Å². The van der Waals surface area contributed by atoms with E-state index in [4.69, 9.17) is 0 Å². The molecule has 0 spiro atoms. The Balaban J connectivity index is 1.50. The Morgan fingerprint density at radius 1 is 1.32 bits per heavy atom. The molecule has 0 unspecified atom stereocenters. The summed E-state index contributed by atoms with van der Waals surface area (Å²) in [5.74, 6) is 0. The first-order valence-corrected chi connectivity index (χ1v) is 7.75. The zero-order chi connectivity index (χ0) is 12.9. The highest BCUT2D eigenvalue weighted by Crippen LogP contribution is 2.15. The molecule has 1 aliphatic heterocycles. The molecule has 19 heavy (non-hydrogen) atoms. The molecule has 2 N–H and O–H groups in total. The number of thiazole rings is 1. The maximum atomic E-state index is 4.29. The van der Waals surface area contributed by atoms with Gasteiger partial charge in [0.2, 0.25) is 0 Å². The highest BCUT2D eigenvalue weighted by molar-refractivity contribution is 7.07. The van der Waals surface area contributed by atoms with Crippen molar-refractivity contribution in [3.05, 3.63) is 51.5 Å². The van der Waals surface area contributed by atoms with Crippen LogP contribution in [0.2, 0.25) is 0 Å². The van der Waals surface area contributed by atoms with Gasteiger partial charge < -0.3 is 10.6 Å². The fraction of sp³-hybridized carbons (Fsp3) is 0.400. The van der Waals surface area contributed by atoms with Gasteiger partial charge in [-0.2, -0.15) is 0 Å². The van der Waals surface area contributed by atoms with Crippen LogP contribution in [0.25, 0.3) is 0 Å². The van der Waals surface area contributed by atoms with Crippen molar-refractivity contribution in [2.24, 2.45) is 0 Å². The van der Waals surface area contributed by atoms with Crippen LogP contribution in [0.3, 0.4) is 0 Å². The third kappa shape index (κ3) is 3.41. The molecular weight excluding hydrogens is 254 g/mol. The largest absolute Gasteiger partial charge is 0.312 e. The number of nitrogens with one attached hydrogen (secondary N) is 2. The maximum Gasteiger partial charge on any atom is 0.0794 e. The van der Waals surface area contributed by atoms with Gasteiger partial charge in [0.05, 0.1) is 11.2 Å². The minimum atomic E-state index is 0.942. The van der Waals surface area contributed by atoms with Gasteiger partial charge in [0.1, 0.15) is 0 Å². The summed E-state index contributed by atoms with van der Waals surface area (Å²) < 4.78 is 0. The summed E-state index contributed by atoms with van der Waals surface area (Å²) in [7, 11) is 0. The van der Waals surface area contributed by atoms with Crippen LogP contribution in [0.15, 0.2) is 29.1 Å². The lowest BCUT2D eigenvalue weighted by molar-refractivity contribution is 0.638. The van der Waals surface area contributed by atoms with Crippen molar-refractivity contribution in [1.29, 1.82) is 0 Å². The second kappa shape index (κ2) is 6.28. The van der Waals surface area contributed by atoms with Crippen molar-refractivity contribution in [1.82, 2.24) is 15.6 Å². The fourth-order valence-corrected chi connectivity index (χ4v) is 3.05. The lowest BCUT2D eigenvalue weighted by atomic mass is 9.98. The Bertz CT molecular complexity index is 522. The average Bonchev–Trinajstić information content (AvgIpc) is 2.97. The third-order valence-corrected chi connectivity index (χ3v) is 4.16. The van der Waals surface area contributed by atoms with E-state index in [1.165, 1.54) is 22.4 Å². The monoisotopic (exact) mass is 273 g/mol. The molecule has 0 saturated carbocycles. The van der Waals surface area contributed by atoms with E-state index in [9.17, 15) is 0 Å². The number of benzene rings is 1. The number of hydrogen-bond donors (Lipinski definition) is 2. The topological polar surface area (TPSA) is 37.0 Å². The highest BCUT2D eigenvalue weighted by Gasteiger charge is 2.08. The summed E-state index contributed by atoms with van der Waals surface area (Å²) in [6.45, 7) is 4.05. The highest BCUT2D eigenvalue weighted by atomic mass is 32.1. The van der Waals surface area contributed by atoms with Gasteiger partial charge in [0.15, 0.2) is 0 Å². The Kier molecular flexibility index (Phi) is 4.23. The van der Waals surface area contributed by atoms with E-state index in [-0.39, 0.29) is 0 Å². The quantitative estimate of drug-likeness (QED) is 0.819. The molecule has 2 aromatic rings. The van der Waals surface area contributed by atoms with E-state index >= 15 is 0 Å². The van der Waals surface area contributed by atoms with Crippen molar-refractivity contribution in [2.45, 2.75) is 25.9 Å². The second-order valence-corrected chi connectivity index (χ2v) is 5.66. The van der Waals surface area contributed by atoms with Crippen molar-refractivity contribution >= 4 is 11.3 Å². The molecule has 0 amide bonds. The Hall–Kier alpha value is -1.23. The Morgan fingerprint density at radius 3 is 3.21 bits per heavy atom. The van der Waals surface area contributed by atoms with Crippen molar-refractivity contribution in [3.8, 4) is 0 Å². The summed E-state index contributed by atoms with van der Waals surface area (Å²) in [4.78, 5) is 4.29. The second-order valence-electron chi connectivity index (χ2n) is 4.94. The smallest absolute Gasteiger partial charge is 0.0794 e. The predicted octanol–water partition coefficient (Wildman–Crippen LogP) is 2.12. The molecule has 1 aliphatic rings. The van der Waals surface area contributed by atoms with Crippen LogP contribution in [0.1, 0.15) is 22.4 Å². The summed E-state index contributed by atoms with van der Waals surface area (Å²) in [5, 5.41) is 9.03. The number of fused-ring (bicyclic) bond motifs is 1. The summed E-state index contributed by atoms with van der Waals surface area (Å²) >= 11 is 1.66. The van der Waals surface area contributed by atoms with E-state index in [1.54, 1.807) is 11.3 Å². The number of aromatic nitrogens is 1. The zero-order valence-electron chi connectivity index (χ0n) is 11.0. The molecule has 0 fully saturated rings. The van der Waals surface area contributed by atoms with Gasteiger partial charge in [-0.3, -0.25) is 0 Å². The van der Waals surface area contributed by atoms with E-state index in [1.807, 2.05) is 5.51 Å². The van der Waals surface area contributed by atoms with Crippen LogP contribution in [-0.4, -0.2) is 18.1 Å². The minimum Gasteiger partial charge on any atom is -0.312 e. The molecule has 0 saturated heterocycles. The van der Waals surface area contributed by atoms with E-state index in [2.05, 4.69) is 39.2 Å². The third-order valence-electron chi connectivity index (χ3n) is 3.53. The minimum absolute atomic E-state index is 0.942. The van der Waals surface area contributed by atoms with Crippen molar-refractivity contribution < 1.29 is 0 Å². The molecule has 1 aromatic carbocycles. The van der Waals surface area contributed by atoms with Crippen molar-refractivity contribution in [2.75, 3.05) is 13.1 Å². The van der Waals surface area contributed by atoms with E-state index < -0.39 is 0 Å². The van der Waals surface area contributed by atoms with Crippen LogP contribution >= 0.6 is 11.3 Å². The van der Waals surface area contributed by atoms with Gasteiger partial charge in [-0.25, -0.2) is 4.98 Å². The summed E-state index contributed by atoms with van der Waals surface area (Å²) in [6, 6.07) is 6.87. The lowest BCUT2D eigenvalue weighted by Crippen LogP contribution is -2.24. The molecule has 4 heteroatoms. The summed E-state index contributed by atoms with van der Waals surface area (Å²) in [6.07, 6.45) is 2.17. The molecule has 3 nitrogen and oxygen atoms in total. The first kappa shape index (κ1) is 12.8. The molecule has 0 atom stereocenters. The van der Waals surface area contributed by atoms with Gasteiger partial charge in [0.25, 0.3) is 0 Å². The van der Waals surface area contributed by atoms with Gasteiger partial charge in [-0.15, -0.1) is 11.3 Å². The van der Waals surface area contributed by atoms with Gasteiger partial charge in [0, 0.05) is 31.4 Å². The first-order valence-electron chi connectivity index (χ1n) is 6.81.